The molecule has 0 saturated carbocycles. The lowest BCUT2D eigenvalue weighted by molar-refractivity contribution is 0.815. The summed E-state index contributed by atoms with van der Waals surface area (Å²) in [5.41, 5.74) is 0. The van der Waals surface area contributed by atoms with Crippen molar-refractivity contribution in [1.29, 1.82) is 0 Å². The van der Waals surface area contributed by atoms with Gasteiger partial charge in [-0.3, -0.25) is 0 Å². The molecule has 0 aromatic heterocycles. The number of hydrogen-bond acceptors (Lipinski definition) is 1. The SMILES string of the molecule is SCC(Br)CCCBr. The molecule has 0 rings (SSSR count). The number of halogens is 2. The van der Waals surface area contributed by atoms with Crippen LogP contribution in [0.1, 0.15) is 12.8 Å². The predicted octanol–water partition coefficient (Wildman–Crippen LogP) is 2.85. The summed E-state index contributed by atoms with van der Waals surface area (Å²) in [5.74, 6) is 0.938. The molecule has 0 bridgehead atoms. The second kappa shape index (κ2) is 6.43. The fourth-order valence-electron chi connectivity index (χ4n) is 0.390. The monoisotopic (exact) mass is 260 g/mol. The Labute approximate surface area is 73.1 Å². The van der Waals surface area contributed by atoms with Gasteiger partial charge in [-0.15, -0.1) is 0 Å². The maximum atomic E-state index is 4.13. The van der Waals surface area contributed by atoms with E-state index in [-0.39, 0.29) is 0 Å². The van der Waals surface area contributed by atoms with Gasteiger partial charge in [0.25, 0.3) is 0 Å². The van der Waals surface area contributed by atoms with Gasteiger partial charge in [0.15, 0.2) is 0 Å². The van der Waals surface area contributed by atoms with Crippen LogP contribution in [0.25, 0.3) is 0 Å². The Morgan fingerprint density at radius 3 is 2.50 bits per heavy atom. The predicted molar refractivity (Wildman–Crippen MR) is 49.6 cm³/mol. The lowest BCUT2D eigenvalue weighted by Crippen LogP contribution is -1.98. The third-order valence-electron chi connectivity index (χ3n) is 0.849. The van der Waals surface area contributed by atoms with Crippen molar-refractivity contribution < 1.29 is 0 Å². The Kier molecular flexibility index (Phi) is 7.48. The first kappa shape index (κ1) is 9.31. The molecule has 0 fully saturated rings. The van der Waals surface area contributed by atoms with E-state index in [1.807, 2.05) is 0 Å². The first-order chi connectivity index (χ1) is 3.81. The van der Waals surface area contributed by atoms with Gasteiger partial charge in [0.1, 0.15) is 0 Å². The highest BCUT2D eigenvalue weighted by Gasteiger charge is 1.97. The molecular weight excluding hydrogens is 252 g/mol. The minimum Gasteiger partial charge on any atom is -0.178 e. The first-order valence-corrected chi connectivity index (χ1v) is 5.29. The van der Waals surface area contributed by atoms with Crippen molar-refractivity contribution >= 4 is 44.5 Å². The normalized spacial score (nSPS) is 13.9. The maximum Gasteiger partial charge on any atom is 0.0234 e. The number of hydrogen-bond donors (Lipinski definition) is 1. The highest BCUT2D eigenvalue weighted by Crippen LogP contribution is 2.09. The van der Waals surface area contributed by atoms with Crippen LogP contribution in [0.4, 0.5) is 0 Å². The number of rotatable bonds is 4. The summed E-state index contributed by atoms with van der Waals surface area (Å²) in [6, 6.07) is 0. The fraction of sp³-hybridized carbons (Fsp3) is 1.00. The van der Waals surface area contributed by atoms with Crippen molar-refractivity contribution in [1.82, 2.24) is 0 Å². The van der Waals surface area contributed by atoms with Gasteiger partial charge in [-0.05, 0) is 12.8 Å². The summed E-state index contributed by atoms with van der Waals surface area (Å²) in [4.78, 5) is 0.600. The van der Waals surface area contributed by atoms with Crippen LogP contribution in [0.3, 0.4) is 0 Å². The van der Waals surface area contributed by atoms with Gasteiger partial charge in [0.2, 0.25) is 0 Å². The van der Waals surface area contributed by atoms with E-state index in [1.165, 1.54) is 12.8 Å². The Hall–Kier alpha value is 1.31. The zero-order valence-corrected chi connectivity index (χ0v) is 8.68. The van der Waals surface area contributed by atoms with Crippen molar-refractivity contribution in [3.63, 3.8) is 0 Å². The third-order valence-corrected chi connectivity index (χ3v) is 3.13. The second-order valence-corrected chi connectivity index (χ2v) is 4.06. The summed E-state index contributed by atoms with van der Waals surface area (Å²) >= 11 is 11.0. The smallest absolute Gasteiger partial charge is 0.0234 e. The molecule has 0 aromatic rings. The molecule has 0 nitrogen and oxygen atoms in total. The van der Waals surface area contributed by atoms with Crippen LogP contribution in [0.5, 0.6) is 0 Å². The second-order valence-electron chi connectivity index (χ2n) is 1.61. The average molecular weight is 262 g/mol. The Bertz CT molecular complexity index is 49.7. The summed E-state index contributed by atoms with van der Waals surface area (Å²) < 4.78 is 0. The average Bonchev–Trinajstić information content (AvgIpc) is 1.83. The molecule has 0 radical (unpaired) electrons. The van der Waals surface area contributed by atoms with E-state index in [0.29, 0.717) is 4.83 Å². The minimum atomic E-state index is 0.600. The molecule has 1 unspecified atom stereocenters. The number of thiol groups is 1. The lowest BCUT2D eigenvalue weighted by Gasteiger charge is -2.01. The summed E-state index contributed by atoms with van der Waals surface area (Å²) in [6.07, 6.45) is 2.45. The van der Waals surface area contributed by atoms with Crippen molar-refractivity contribution in [2.24, 2.45) is 0 Å². The number of alkyl halides is 2. The van der Waals surface area contributed by atoms with Crippen LogP contribution < -0.4 is 0 Å². The van der Waals surface area contributed by atoms with Gasteiger partial charge in [0, 0.05) is 15.9 Å². The molecule has 8 heavy (non-hydrogen) atoms. The molecule has 0 aliphatic carbocycles. The molecule has 0 heterocycles. The molecule has 0 spiro atoms. The van der Waals surface area contributed by atoms with E-state index < -0.39 is 0 Å². The van der Waals surface area contributed by atoms with Crippen LogP contribution in [0.2, 0.25) is 0 Å². The maximum absolute atomic E-state index is 4.13. The van der Waals surface area contributed by atoms with Crippen LogP contribution in [-0.2, 0) is 0 Å². The van der Waals surface area contributed by atoms with E-state index in [9.17, 15) is 0 Å². The van der Waals surface area contributed by atoms with Gasteiger partial charge in [-0.2, -0.15) is 12.6 Å². The highest BCUT2D eigenvalue weighted by molar-refractivity contribution is 9.09. The molecule has 0 aromatic carbocycles. The molecule has 1 atom stereocenters. The van der Waals surface area contributed by atoms with Gasteiger partial charge >= 0.3 is 0 Å². The van der Waals surface area contributed by atoms with Gasteiger partial charge in [-0.1, -0.05) is 31.9 Å². The van der Waals surface area contributed by atoms with E-state index in [1.54, 1.807) is 0 Å². The van der Waals surface area contributed by atoms with Crippen molar-refractivity contribution in [3.05, 3.63) is 0 Å². The first-order valence-electron chi connectivity index (χ1n) is 2.62. The molecule has 0 N–H and O–H groups in total. The van der Waals surface area contributed by atoms with E-state index in [2.05, 4.69) is 44.5 Å². The molecule has 0 saturated heterocycles. The van der Waals surface area contributed by atoms with Crippen LogP contribution in [0, 0.1) is 0 Å². The van der Waals surface area contributed by atoms with Crippen molar-refractivity contribution in [3.8, 4) is 0 Å². The van der Waals surface area contributed by atoms with Gasteiger partial charge < -0.3 is 0 Å². The zero-order valence-electron chi connectivity index (χ0n) is 4.61. The van der Waals surface area contributed by atoms with Crippen molar-refractivity contribution in [2.75, 3.05) is 11.1 Å². The standard InChI is InChI=1S/C5H10Br2S/c6-3-1-2-5(7)4-8/h5,8H,1-4H2. The minimum absolute atomic E-state index is 0.600. The zero-order chi connectivity index (χ0) is 6.41. The lowest BCUT2D eigenvalue weighted by atomic mass is 10.3. The Morgan fingerprint density at radius 2 is 2.12 bits per heavy atom. The summed E-state index contributed by atoms with van der Waals surface area (Å²) in [5, 5.41) is 1.10. The highest BCUT2D eigenvalue weighted by atomic mass is 79.9. The van der Waals surface area contributed by atoms with E-state index >= 15 is 0 Å². The largest absolute Gasteiger partial charge is 0.178 e. The Morgan fingerprint density at radius 1 is 1.50 bits per heavy atom. The molecule has 3 heteroatoms. The van der Waals surface area contributed by atoms with Crippen molar-refractivity contribution in [2.45, 2.75) is 17.7 Å². The topological polar surface area (TPSA) is 0 Å². The quantitative estimate of drug-likeness (QED) is 0.584. The summed E-state index contributed by atoms with van der Waals surface area (Å²) in [6.45, 7) is 0. The Balaban J connectivity index is 2.86. The van der Waals surface area contributed by atoms with Gasteiger partial charge in [0.05, 0.1) is 0 Å². The third kappa shape index (κ3) is 5.45. The van der Waals surface area contributed by atoms with Crippen LogP contribution in [0.15, 0.2) is 0 Å². The molecule has 0 amide bonds. The van der Waals surface area contributed by atoms with E-state index in [4.69, 9.17) is 0 Å². The summed E-state index contributed by atoms with van der Waals surface area (Å²) in [7, 11) is 0. The fourth-order valence-corrected chi connectivity index (χ4v) is 1.22. The van der Waals surface area contributed by atoms with Crippen LogP contribution >= 0.6 is 44.5 Å². The van der Waals surface area contributed by atoms with Gasteiger partial charge in [-0.25, -0.2) is 0 Å². The molecule has 0 aliphatic heterocycles. The molecule has 50 valence electrons. The molecular formula is C5H10Br2S. The van der Waals surface area contributed by atoms with E-state index in [0.717, 1.165) is 11.1 Å². The van der Waals surface area contributed by atoms with Crippen LogP contribution in [-0.4, -0.2) is 15.9 Å². The molecule has 0 aliphatic rings.